The summed E-state index contributed by atoms with van der Waals surface area (Å²) in [6.45, 7) is 3.99. The van der Waals surface area contributed by atoms with E-state index in [9.17, 15) is 9.59 Å². The third kappa shape index (κ3) is 3.75. The van der Waals surface area contributed by atoms with E-state index in [4.69, 9.17) is 0 Å². The molecule has 5 nitrogen and oxygen atoms in total. The van der Waals surface area contributed by atoms with Crippen molar-refractivity contribution in [3.05, 3.63) is 40.0 Å². The first-order chi connectivity index (χ1) is 11.5. The molecule has 3 rings (SSSR count). The second-order valence-corrected chi connectivity index (χ2v) is 6.98. The molecular formula is C18H20BrN3O2. The molecule has 0 atom stereocenters. The Morgan fingerprint density at radius 1 is 1.38 bits per heavy atom. The van der Waals surface area contributed by atoms with Crippen LogP contribution in [0.1, 0.15) is 35.3 Å². The lowest BCUT2D eigenvalue weighted by molar-refractivity contribution is -0.127. The van der Waals surface area contributed by atoms with E-state index in [1.165, 1.54) is 0 Å². The van der Waals surface area contributed by atoms with Crippen LogP contribution in [0.2, 0.25) is 0 Å². The SMILES string of the molecule is Cc1cc(C(=O)NCCCN2CCCC2=O)c2cc(Br)ccc2n1. The van der Waals surface area contributed by atoms with Gasteiger partial charge in [-0.2, -0.15) is 0 Å². The highest BCUT2D eigenvalue weighted by Crippen LogP contribution is 2.22. The summed E-state index contributed by atoms with van der Waals surface area (Å²) in [6, 6.07) is 7.55. The first-order valence-corrected chi connectivity index (χ1v) is 8.97. The first-order valence-electron chi connectivity index (χ1n) is 8.17. The molecule has 1 aromatic heterocycles. The van der Waals surface area contributed by atoms with Crippen molar-refractivity contribution in [1.29, 1.82) is 0 Å². The van der Waals surface area contributed by atoms with Crippen molar-refractivity contribution in [2.45, 2.75) is 26.2 Å². The molecular weight excluding hydrogens is 370 g/mol. The number of nitrogens with zero attached hydrogens (tertiary/aromatic N) is 2. The number of benzene rings is 1. The molecule has 0 aliphatic carbocycles. The molecule has 0 saturated carbocycles. The molecule has 0 bridgehead atoms. The summed E-state index contributed by atoms with van der Waals surface area (Å²) in [6.07, 6.45) is 2.37. The van der Waals surface area contributed by atoms with Crippen LogP contribution in [-0.2, 0) is 4.79 Å². The number of likely N-dealkylation sites (tertiary alicyclic amines) is 1. The number of hydrogen-bond donors (Lipinski definition) is 1. The second-order valence-electron chi connectivity index (χ2n) is 6.07. The number of carbonyl (C=O) groups excluding carboxylic acids is 2. The molecule has 6 heteroatoms. The summed E-state index contributed by atoms with van der Waals surface area (Å²) >= 11 is 3.44. The Hall–Kier alpha value is -1.95. The molecule has 1 aliphatic rings. The van der Waals surface area contributed by atoms with Crippen LogP contribution in [0.25, 0.3) is 10.9 Å². The summed E-state index contributed by atoms with van der Waals surface area (Å²) in [4.78, 5) is 30.5. The smallest absolute Gasteiger partial charge is 0.252 e. The van der Waals surface area contributed by atoms with Crippen LogP contribution < -0.4 is 5.32 Å². The van der Waals surface area contributed by atoms with Crippen LogP contribution in [0.5, 0.6) is 0 Å². The number of amides is 2. The lowest BCUT2D eigenvalue weighted by atomic mass is 10.1. The molecule has 1 fully saturated rings. The van der Waals surface area contributed by atoms with Gasteiger partial charge in [0.2, 0.25) is 5.91 Å². The van der Waals surface area contributed by atoms with Gasteiger partial charge in [0.05, 0.1) is 11.1 Å². The third-order valence-electron chi connectivity index (χ3n) is 4.21. The van der Waals surface area contributed by atoms with Gasteiger partial charge < -0.3 is 10.2 Å². The molecule has 0 spiro atoms. The van der Waals surface area contributed by atoms with Crippen LogP contribution in [0.15, 0.2) is 28.7 Å². The Labute approximate surface area is 149 Å². The van der Waals surface area contributed by atoms with E-state index in [-0.39, 0.29) is 11.8 Å². The minimum atomic E-state index is -0.101. The number of hydrogen-bond acceptors (Lipinski definition) is 3. The maximum atomic E-state index is 12.5. The monoisotopic (exact) mass is 389 g/mol. The van der Waals surface area contributed by atoms with E-state index in [0.717, 1.165) is 40.5 Å². The fourth-order valence-electron chi connectivity index (χ4n) is 3.03. The number of carbonyl (C=O) groups is 2. The molecule has 1 N–H and O–H groups in total. The largest absolute Gasteiger partial charge is 0.352 e. The highest BCUT2D eigenvalue weighted by Gasteiger charge is 2.19. The van der Waals surface area contributed by atoms with Crippen LogP contribution in [0, 0.1) is 6.92 Å². The predicted molar refractivity (Wildman–Crippen MR) is 96.9 cm³/mol. The number of pyridine rings is 1. The topological polar surface area (TPSA) is 62.3 Å². The van der Waals surface area contributed by atoms with Gasteiger partial charge in [-0.15, -0.1) is 0 Å². The van der Waals surface area contributed by atoms with Crippen molar-refractivity contribution in [2.24, 2.45) is 0 Å². The molecule has 0 unspecified atom stereocenters. The first kappa shape index (κ1) is 16.9. The summed E-state index contributed by atoms with van der Waals surface area (Å²) < 4.78 is 0.919. The van der Waals surface area contributed by atoms with Gasteiger partial charge >= 0.3 is 0 Å². The lowest BCUT2D eigenvalue weighted by Gasteiger charge is -2.15. The average molecular weight is 390 g/mol. The van der Waals surface area contributed by atoms with E-state index in [1.807, 2.05) is 36.1 Å². The number of fused-ring (bicyclic) bond motifs is 1. The molecule has 2 aromatic rings. The second kappa shape index (κ2) is 7.30. The van der Waals surface area contributed by atoms with Crippen molar-refractivity contribution < 1.29 is 9.59 Å². The summed E-state index contributed by atoms with van der Waals surface area (Å²) in [7, 11) is 0. The van der Waals surface area contributed by atoms with E-state index in [2.05, 4.69) is 26.2 Å². The van der Waals surface area contributed by atoms with Crippen molar-refractivity contribution in [2.75, 3.05) is 19.6 Å². The average Bonchev–Trinajstić information content (AvgIpc) is 2.96. The van der Waals surface area contributed by atoms with Gasteiger partial charge in [-0.1, -0.05) is 15.9 Å². The highest BCUT2D eigenvalue weighted by molar-refractivity contribution is 9.10. The van der Waals surface area contributed by atoms with Gasteiger partial charge in [0, 0.05) is 41.6 Å². The van der Waals surface area contributed by atoms with Gasteiger partial charge in [0.25, 0.3) is 5.91 Å². The lowest BCUT2D eigenvalue weighted by Crippen LogP contribution is -2.30. The molecule has 126 valence electrons. The third-order valence-corrected chi connectivity index (χ3v) is 4.70. The Kier molecular flexibility index (Phi) is 5.14. The van der Waals surface area contributed by atoms with Gasteiger partial charge in [0.15, 0.2) is 0 Å². The molecule has 24 heavy (non-hydrogen) atoms. The number of aryl methyl sites for hydroxylation is 1. The quantitative estimate of drug-likeness (QED) is 0.799. The van der Waals surface area contributed by atoms with Gasteiger partial charge in [-0.05, 0) is 44.0 Å². The summed E-state index contributed by atoms with van der Waals surface area (Å²) in [5.74, 6) is 0.123. The van der Waals surface area contributed by atoms with Crippen molar-refractivity contribution in [3.63, 3.8) is 0 Å². The minimum absolute atomic E-state index is 0.101. The maximum Gasteiger partial charge on any atom is 0.252 e. The minimum Gasteiger partial charge on any atom is -0.352 e. The fraction of sp³-hybridized carbons (Fsp3) is 0.389. The zero-order valence-electron chi connectivity index (χ0n) is 13.6. The summed E-state index contributed by atoms with van der Waals surface area (Å²) in [5, 5.41) is 3.79. The molecule has 2 heterocycles. The molecule has 0 radical (unpaired) electrons. The van der Waals surface area contributed by atoms with Crippen molar-refractivity contribution in [1.82, 2.24) is 15.2 Å². The Bertz CT molecular complexity index is 791. The Balaban J connectivity index is 1.65. The Morgan fingerprint density at radius 2 is 2.21 bits per heavy atom. The molecule has 2 amide bonds. The van der Waals surface area contributed by atoms with E-state index < -0.39 is 0 Å². The highest BCUT2D eigenvalue weighted by atomic mass is 79.9. The summed E-state index contributed by atoms with van der Waals surface area (Å²) in [5.41, 5.74) is 2.26. The van der Waals surface area contributed by atoms with Crippen molar-refractivity contribution >= 4 is 38.6 Å². The zero-order chi connectivity index (χ0) is 17.1. The number of aromatic nitrogens is 1. The number of rotatable bonds is 5. The van der Waals surface area contributed by atoms with Crippen LogP contribution in [0.4, 0.5) is 0 Å². The van der Waals surface area contributed by atoms with Crippen LogP contribution in [-0.4, -0.2) is 41.3 Å². The number of nitrogens with one attached hydrogen (secondary N) is 1. The van der Waals surface area contributed by atoms with Crippen molar-refractivity contribution in [3.8, 4) is 0 Å². The maximum absolute atomic E-state index is 12.5. The fourth-order valence-corrected chi connectivity index (χ4v) is 3.39. The molecule has 1 aliphatic heterocycles. The standard InChI is InChI=1S/C18H20BrN3O2/c1-12-10-15(14-11-13(19)5-6-16(14)21-12)18(24)20-7-3-9-22-8-2-4-17(22)23/h5-6,10-11H,2-4,7-9H2,1H3,(H,20,24). The van der Waals surface area contributed by atoms with Crippen LogP contribution in [0.3, 0.4) is 0 Å². The molecule has 1 saturated heterocycles. The van der Waals surface area contributed by atoms with Crippen LogP contribution >= 0.6 is 15.9 Å². The van der Waals surface area contributed by atoms with E-state index >= 15 is 0 Å². The normalized spacial score (nSPS) is 14.4. The zero-order valence-corrected chi connectivity index (χ0v) is 15.2. The molecule has 1 aromatic carbocycles. The van der Waals surface area contributed by atoms with E-state index in [0.29, 0.717) is 25.1 Å². The van der Waals surface area contributed by atoms with Gasteiger partial charge in [-0.25, -0.2) is 0 Å². The van der Waals surface area contributed by atoms with E-state index in [1.54, 1.807) is 0 Å². The predicted octanol–water partition coefficient (Wildman–Crippen LogP) is 3.05. The van der Waals surface area contributed by atoms with Gasteiger partial charge in [0.1, 0.15) is 0 Å². The number of halogens is 1. The van der Waals surface area contributed by atoms with Gasteiger partial charge in [-0.3, -0.25) is 14.6 Å². The Morgan fingerprint density at radius 3 is 2.96 bits per heavy atom.